The van der Waals surface area contributed by atoms with E-state index in [1.807, 2.05) is 6.92 Å². The van der Waals surface area contributed by atoms with Gasteiger partial charge in [-0.1, -0.05) is 13.5 Å². The molecule has 0 bridgehead atoms. The Morgan fingerprint density at radius 3 is 2.28 bits per heavy atom. The molecule has 0 aliphatic carbocycles. The predicted octanol–water partition coefficient (Wildman–Crippen LogP) is 2.15. The third-order valence-corrected chi connectivity index (χ3v) is 5.21. The highest BCUT2D eigenvalue weighted by atomic mass is 28.4. The maximum absolute atomic E-state index is 11.2. The molecule has 5 nitrogen and oxygen atoms in total. The number of hydrogen-bond acceptors (Lipinski definition) is 5. The lowest BCUT2D eigenvalue weighted by molar-refractivity contribution is -0.139. The van der Waals surface area contributed by atoms with E-state index in [-0.39, 0.29) is 5.97 Å². The first kappa shape index (κ1) is 17.3. The SMILES string of the molecule is C=C(C)C(=O)OCCC[Si](OC)(OC)OCCC. The summed E-state index contributed by atoms with van der Waals surface area (Å²) in [4.78, 5) is 11.2. The van der Waals surface area contributed by atoms with Gasteiger partial charge in [0.05, 0.1) is 6.61 Å². The maximum atomic E-state index is 11.2. The zero-order chi connectivity index (χ0) is 14.0. The summed E-state index contributed by atoms with van der Waals surface area (Å²) in [5.74, 6) is -0.369. The molecule has 0 unspecified atom stereocenters. The Labute approximate surface area is 110 Å². The van der Waals surface area contributed by atoms with Crippen LogP contribution in [0.3, 0.4) is 0 Å². The Bertz CT molecular complexity index is 263. The van der Waals surface area contributed by atoms with E-state index in [0.29, 0.717) is 31.3 Å². The van der Waals surface area contributed by atoms with Crippen molar-refractivity contribution >= 4 is 14.8 Å². The van der Waals surface area contributed by atoms with Gasteiger partial charge in [0.15, 0.2) is 0 Å². The van der Waals surface area contributed by atoms with Crippen LogP contribution in [-0.2, 0) is 22.8 Å². The number of ether oxygens (including phenoxy) is 1. The summed E-state index contributed by atoms with van der Waals surface area (Å²) < 4.78 is 21.4. The van der Waals surface area contributed by atoms with Crippen molar-refractivity contribution in [3.8, 4) is 0 Å². The fourth-order valence-electron chi connectivity index (χ4n) is 1.31. The van der Waals surface area contributed by atoms with Gasteiger partial charge in [-0.2, -0.15) is 0 Å². The van der Waals surface area contributed by atoms with Gasteiger partial charge in [0.1, 0.15) is 0 Å². The van der Waals surface area contributed by atoms with Gasteiger partial charge < -0.3 is 18.0 Å². The zero-order valence-electron chi connectivity index (χ0n) is 11.8. The fourth-order valence-corrected chi connectivity index (χ4v) is 3.36. The summed E-state index contributed by atoms with van der Waals surface area (Å²) in [6.07, 6.45) is 1.56. The topological polar surface area (TPSA) is 54.0 Å². The molecule has 0 aromatic rings. The van der Waals surface area contributed by atoms with Crippen LogP contribution >= 0.6 is 0 Å². The molecule has 0 atom stereocenters. The minimum absolute atomic E-state index is 0.322. The standard InChI is InChI=1S/C12H24O5Si/c1-6-8-17-18(14-4,15-5)10-7-9-16-12(13)11(2)3/h2,6-10H2,1,3-5H3. The van der Waals surface area contributed by atoms with Crippen molar-refractivity contribution in [3.05, 3.63) is 12.2 Å². The first-order valence-electron chi connectivity index (χ1n) is 6.08. The van der Waals surface area contributed by atoms with Crippen LogP contribution in [0.2, 0.25) is 6.04 Å². The van der Waals surface area contributed by atoms with Gasteiger partial charge in [-0.15, -0.1) is 0 Å². The minimum atomic E-state index is -2.58. The Balaban J connectivity index is 4.04. The molecule has 106 valence electrons. The lowest BCUT2D eigenvalue weighted by Crippen LogP contribution is -2.44. The first-order valence-corrected chi connectivity index (χ1v) is 8.01. The van der Waals surface area contributed by atoms with Crippen LogP contribution < -0.4 is 0 Å². The number of carbonyl (C=O) groups is 1. The summed E-state index contributed by atoms with van der Waals surface area (Å²) in [7, 11) is 0.600. The van der Waals surface area contributed by atoms with Crippen LogP contribution in [0, 0.1) is 0 Å². The zero-order valence-corrected chi connectivity index (χ0v) is 12.8. The fraction of sp³-hybridized carbons (Fsp3) is 0.750. The Morgan fingerprint density at radius 2 is 1.83 bits per heavy atom. The van der Waals surface area contributed by atoms with Gasteiger partial charge in [-0.25, -0.2) is 4.79 Å². The van der Waals surface area contributed by atoms with Crippen LogP contribution in [0.4, 0.5) is 0 Å². The summed E-state index contributed by atoms with van der Waals surface area (Å²) in [5, 5.41) is 0. The Hall–Kier alpha value is -0.693. The van der Waals surface area contributed by atoms with E-state index >= 15 is 0 Å². The van der Waals surface area contributed by atoms with Gasteiger partial charge in [-0.05, 0) is 19.8 Å². The monoisotopic (exact) mass is 276 g/mol. The van der Waals surface area contributed by atoms with E-state index in [0.717, 1.165) is 6.42 Å². The molecule has 0 amide bonds. The molecule has 18 heavy (non-hydrogen) atoms. The normalized spacial score (nSPS) is 11.3. The molecule has 0 rings (SSSR count). The van der Waals surface area contributed by atoms with Crippen molar-refractivity contribution in [1.29, 1.82) is 0 Å². The molecular weight excluding hydrogens is 252 g/mol. The molecule has 0 aliphatic heterocycles. The van der Waals surface area contributed by atoms with Crippen LogP contribution in [0.15, 0.2) is 12.2 Å². The largest absolute Gasteiger partial charge is 0.500 e. The van der Waals surface area contributed by atoms with Crippen molar-refractivity contribution < 1.29 is 22.8 Å². The molecule has 0 aromatic heterocycles. The van der Waals surface area contributed by atoms with Crippen molar-refractivity contribution in [2.45, 2.75) is 32.7 Å². The quantitative estimate of drug-likeness (QED) is 0.265. The highest BCUT2D eigenvalue weighted by Gasteiger charge is 2.38. The van der Waals surface area contributed by atoms with Gasteiger partial charge in [0.25, 0.3) is 0 Å². The summed E-state index contributed by atoms with van der Waals surface area (Å²) in [6, 6.07) is 0.628. The molecule has 6 heteroatoms. The summed E-state index contributed by atoms with van der Waals surface area (Å²) in [5.41, 5.74) is 0.402. The highest BCUT2D eigenvalue weighted by molar-refractivity contribution is 6.60. The van der Waals surface area contributed by atoms with Crippen molar-refractivity contribution in [1.82, 2.24) is 0 Å². The van der Waals surface area contributed by atoms with Crippen LogP contribution in [0.25, 0.3) is 0 Å². The number of carbonyl (C=O) groups excluding carboxylic acids is 1. The van der Waals surface area contributed by atoms with E-state index < -0.39 is 8.80 Å². The van der Waals surface area contributed by atoms with E-state index in [1.165, 1.54) is 0 Å². The number of esters is 1. The second-order valence-corrected chi connectivity index (χ2v) is 6.93. The lowest BCUT2D eigenvalue weighted by atomic mass is 10.4. The molecule has 0 heterocycles. The summed E-state index contributed by atoms with van der Waals surface area (Å²) >= 11 is 0. The lowest BCUT2D eigenvalue weighted by Gasteiger charge is -2.26. The van der Waals surface area contributed by atoms with Gasteiger partial charge in [0.2, 0.25) is 0 Å². The number of hydrogen-bond donors (Lipinski definition) is 0. The molecule has 0 saturated heterocycles. The first-order chi connectivity index (χ1) is 8.51. The van der Waals surface area contributed by atoms with E-state index in [4.69, 9.17) is 18.0 Å². The maximum Gasteiger partial charge on any atom is 0.500 e. The third-order valence-electron chi connectivity index (χ3n) is 2.36. The molecule has 0 aromatic carbocycles. The highest BCUT2D eigenvalue weighted by Crippen LogP contribution is 2.16. The molecule has 0 saturated carbocycles. The molecular formula is C12H24O5Si. The molecule has 0 fully saturated rings. The average molecular weight is 276 g/mol. The predicted molar refractivity (Wildman–Crippen MR) is 71.2 cm³/mol. The summed E-state index contributed by atoms with van der Waals surface area (Å²) in [6.45, 7) is 8.10. The Kier molecular flexibility index (Phi) is 8.91. The Morgan fingerprint density at radius 1 is 1.22 bits per heavy atom. The molecule has 0 spiro atoms. The second-order valence-electron chi connectivity index (χ2n) is 3.96. The smallest absolute Gasteiger partial charge is 0.462 e. The van der Waals surface area contributed by atoms with Crippen molar-refractivity contribution in [2.24, 2.45) is 0 Å². The van der Waals surface area contributed by atoms with Crippen LogP contribution in [-0.4, -0.2) is 42.2 Å². The van der Waals surface area contributed by atoms with E-state index in [1.54, 1.807) is 21.1 Å². The van der Waals surface area contributed by atoms with E-state index in [2.05, 4.69) is 6.58 Å². The average Bonchev–Trinajstić information content (AvgIpc) is 2.38. The third kappa shape index (κ3) is 6.30. The van der Waals surface area contributed by atoms with Crippen molar-refractivity contribution in [2.75, 3.05) is 27.4 Å². The van der Waals surface area contributed by atoms with Crippen LogP contribution in [0.1, 0.15) is 26.7 Å². The van der Waals surface area contributed by atoms with Crippen molar-refractivity contribution in [3.63, 3.8) is 0 Å². The second kappa shape index (κ2) is 9.27. The van der Waals surface area contributed by atoms with Gasteiger partial charge >= 0.3 is 14.8 Å². The molecule has 0 radical (unpaired) electrons. The van der Waals surface area contributed by atoms with E-state index in [9.17, 15) is 4.79 Å². The number of rotatable bonds is 10. The minimum Gasteiger partial charge on any atom is -0.462 e. The van der Waals surface area contributed by atoms with Gasteiger partial charge in [-0.3, -0.25) is 0 Å². The van der Waals surface area contributed by atoms with Crippen LogP contribution in [0.5, 0.6) is 0 Å². The molecule has 0 aliphatic rings. The van der Waals surface area contributed by atoms with Gasteiger partial charge in [0, 0.05) is 32.4 Å². The molecule has 0 N–H and O–H groups in total.